The van der Waals surface area contributed by atoms with Gasteiger partial charge < -0.3 is 5.32 Å². The van der Waals surface area contributed by atoms with Gasteiger partial charge in [0, 0.05) is 23.6 Å². The summed E-state index contributed by atoms with van der Waals surface area (Å²) in [6.07, 6.45) is 3.67. The Morgan fingerprint density at radius 3 is 2.26 bits per heavy atom. The predicted octanol–water partition coefficient (Wildman–Crippen LogP) is 4.04. The van der Waals surface area contributed by atoms with Gasteiger partial charge in [0.2, 0.25) is 5.91 Å². The molecule has 0 bridgehead atoms. The third kappa shape index (κ3) is 5.25. The summed E-state index contributed by atoms with van der Waals surface area (Å²) in [5.41, 5.74) is 1.45. The van der Waals surface area contributed by atoms with E-state index in [-0.39, 0.29) is 17.6 Å². The van der Waals surface area contributed by atoms with E-state index in [1.54, 1.807) is 24.3 Å². The molecule has 1 N–H and O–H groups in total. The van der Waals surface area contributed by atoms with Crippen molar-refractivity contribution in [2.45, 2.75) is 46.5 Å². The van der Waals surface area contributed by atoms with Crippen molar-refractivity contribution in [3.8, 4) is 0 Å². The summed E-state index contributed by atoms with van der Waals surface area (Å²) >= 11 is 0. The third-order valence-corrected chi connectivity index (χ3v) is 2.98. The summed E-state index contributed by atoms with van der Waals surface area (Å²) in [4.78, 5) is 23.4. The lowest BCUT2D eigenvalue weighted by molar-refractivity contribution is -0.116. The highest BCUT2D eigenvalue weighted by molar-refractivity contribution is 5.98. The summed E-state index contributed by atoms with van der Waals surface area (Å²) in [7, 11) is 0. The van der Waals surface area contributed by atoms with E-state index in [9.17, 15) is 9.59 Å². The second-order valence-corrected chi connectivity index (χ2v) is 5.10. The molecule has 19 heavy (non-hydrogen) atoms. The minimum absolute atomic E-state index is 0.00511. The van der Waals surface area contributed by atoms with Crippen molar-refractivity contribution in [3.63, 3.8) is 0 Å². The van der Waals surface area contributed by atoms with E-state index in [1.165, 1.54) is 0 Å². The molecule has 0 heterocycles. The second kappa shape index (κ2) is 7.72. The number of unbranched alkanes of at least 4 members (excludes halogenated alkanes) is 2. The minimum atomic E-state index is -0.00511. The topological polar surface area (TPSA) is 46.2 Å². The van der Waals surface area contributed by atoms with Gasteiger partial charge in [0.1, 0.15) is 0 Å². The molecule has 104 valence electrons. The first-order valence-electron chi connectivity index (χ1n) is 6.98. The predicted molar refractivity (Wildman–Crippen MR) is 78.4 cm³/mol. The zero-order chi connectivity index (χ0) is 14.3. The van der Waals surface area contributed by atoms with Gasteiger partial charge in [0.15, 0.2) is 5.78 Å². The van der Waals surface area contributed by atoms with Crippen molar-refractivity contribution < 1.29 is 9.59 Å². The van der Waals surface area contributed by atoms with Crippen LogP contribution in [0.25, 0.3) is 0 Å². The highest BCUT2D eigenvalue weighted by Crippen LogP contribution is 2.14. The van der Waals surface area contributed by atoms with Crippen molar-refractivity contribution in [2.75, 3.05) is 5.32 Å². The Morgan fingerprint density at radius 2 is 1.74 bits per heavy atom. The molecular formula is C16H23NO2. The van der Waals surface area contributed by atoms with Crippen molar-refractivity contribution in [1.29, 1.82) is 0 Å². The Morgan fingerprint density at radius 1 is 1.11 bits per heavy atom. The first-order chi connectivity index (χ1) is 9.04. The fourth-order valence-corrected chi connectivity index (χ4v) is 1.81. The molecule has 0 spiro atoms. The first-order valence-corrected chi connectivity index (χ1v) is 6.98. The highest BCUT2D eigenvalue weighted by atomic mass is 16.1. The molecule has 0 saturated heterocycles. The Balaban J connectivity index is 2.52. The number of benzene rings is 1. The molecule has 0 aliphatic heterocycles. The molecule has 0 saturated carbocycles. The van der Waals surface area contributed by atoms with Gasteiger partial charge in [-0.1, -0.05) is 33.6 Å². The molecule has 1 rings (SSSR count). The van der Waals surface area contributed by atoms with Crippen LogP contribution in [0, 0.1) is 5.92 Å². The quantitative estimate of drug-likeness (QED) is 0.594. The van der Waals surface area contributed by atoms with Gasteiger partial charge in [-0.15, -0.1) is 0 Å². The average Bonchev–Trinajstić information content (AvgIpc) is 2.39. The lowest BCUT2D eigenvalue weighted by Gasteiger charge is -2.07. The Bertz CT molecular complexity index is 421. The lowest BCUT2D eigenvalue weighted by atomic mass is 10.0. The molecule has 1 aromatic rings. The van der Waals surface area contributed by atoms with E-state index in [1.807, 2.05) is 13.8 Å². The van der Waals surface area contributed by atoms with Gasteiger partial charge in [-0.05, 0) is 30.7 Å². The van der Waals surface area contributed by atoms with Gasteiger partial charge >= 0.3 is 0 Å². The van der Waals surface area contributed by atoms with E-state index in [0.29, 0.717) is 12.0 Å². The first kappa shape index (κ1) is 15.4. The number of carbonyl (C=O) groups excluding carboxylic acids is 2. The molecule has 0 unspecified atom stereocenters. The Labute approximate surface area is 115 Å². The van der Waals surface area contributed by atoms with E-state index in [4.69, 9.17) is 0 Å². The van der Waals surface area contributed by atoms with Crippen LogP contribution in [0.5, 0.6) is 0 Å². The molecule has 3 nitrogen and oxygen atoms in total. The van der Waals surface area contributed by atoms with Gasteiger partial charge in [0.05, 0.1) is 0 Å². The fourth-order valence-electron chi connectivity index (χ4n) is 1.81. The van der Waals surface area contributed by atoms with Crippen LogP contribution in [0.1, 0.15) is 56.8 Å². The number of hydrogen-bond acceptors (Lipinski definition) is 2. The van der Waals surface area contributed by atoms with E-state index in [0.717, 1.165) is 24.9 Å². The van der Waals surface area contributed by atoms with Gasteiger partial charge in [-0.25, -0.2) is 0 Å². The van der Waals surface area contributed by atoms with Crippen molar-refractivity contribution in [2.24, 2.45) is 5.92 Å². The molecular weight excluding hydrogens is 238 g/mol. The average molecular weight is 261 g/mol. The molecule has 0 aliphatic rings. The summed E-state index contributed by atoms with van der Waals surface area (Å²) < 4.78 is 0. The van der Waals surface area contributed by atoms with Crippen LogP contribution in [0.15, 0.2) is 24.3 Å². The number of carbonyl (C=O) groups is 2. The van der Waals surface area contributed by atoms with Crippen LogP contribution in [0.3, 0.4) is 0 Å². The van der Waals surface area contributed by atoms with Crippen LogP contribution in [0.4, 0.5) is 5.69 Å². The van der Waals surface area contributed by atoms with Crippen molar-refractivity contribution in [1.82, 2.24) is 0 Å². The smallest absolute Gasteiger partial charge is 0.224 e. The van der Waals surface area contributed by atoms with E-state index < -0.39 is 0 Å². The molecule has 0 fully saturated rings. The molecule has 0 aliphatic carbocycles. The SMILES string of the molecule is CCCCCC(=O)Nc1ccc(C(=O)C(C)C)cc1. The summed E-state index contributed by atoms with van der Waals surface area (Å²) in [5, 5.41) is 2.85. The highest BCUT2D eigenvalue weighted by Gasteiger charge is 2.10. The van der Waals surface area contributed by atoms with Crippen LogP contribution >= 0.6 is 0 Å². The number of hydrogen-bond donors (Lipinski definition) is 1. The second-order valence-electron chi connectivity index (χ2n) is 5.10. The number of anilines is 1. The Hall–Kier alpha value is -1.64. The van der Waals surface area contributed by atoms with Crippen LogP contribution in [0.2, 0.25) is 0 Å². The van der Waals surface area contributed by atoms with Gasteiger partial charge in [-0.2, -0.15) is 0 Å². The molecule has 0 radical (unpaired) electrons. The van der Waals surface area contributed by atoms with E-state index in [2.05, 4.69) is 12.2 Å². The molecule has 3 heteroatoms. The lowest BCUT2D eigenvalue weighted by Crippen LogP contribution is -2.11. The van der Waals surface area contributed by atoms with Gasteiger partial charge in [-0.3, -0.25) is 9.59 Å². The monoisotopic (exact) mass is 261 g/mol. The standard InChI is InChI=1S/C16H23NO2/c1-4-5-6-7-15(18)17-14-10-8-13(9-11-14)16(19)12(2)3/h8-12H,4-7H2,1-3H3,(H,17,18). The number of rotatable bonds is 7. The summed E-state index contributed by atoms with van der Waals surface area (Å²) in [6.45, 7) is 5.87. The van der Waals surface area contributed by atoms with Crippen molar-refractivity contribution >= 4 is 17.4 Å². The normalized spacial score (nSPS) is 10.5. The minimum Gasteiger partial charge on any atom is -0.326 e. The number of amides is 1. The van der Waals surface area contributed by atoms with Gasteiger partial charge in [0.25, 0.3) is 0 Å². The molecule has 1 aromatic carbocycles. The maximum atomic E-state index is 11.8. The molecule has 1 amide bonds. The molecule has 0 aromatic heterocycles. The maximum Gasteiger partial charge on any atom is 0.224 e. The maximum absolute atomic E-state index is 11.8. The van der Waals surface area contributed by atoms with Crippen molar-refractivity contribution in [3.05, 3.63) is 29.8 Å². The summed E-state index contributed by atoms with van der Waals surface area (Å²) in [5.74, 6) is 0.159. The molecule has 0 atom stereocenters. The summed E-state index contributed by atoms with van der Waals surface area (Å²) in [6, 6.07) is 7.11. The van der Waals surface area contributed by atoms with Crippen LogP contribution in [-0.2, 0) is 4.79 Å². The third-order valence-electron chi connectivity index (χ3n) is 2.98. The van der Waals surface area contributed by atoms with Crippen LogP contribution < -0.4 is 5.32 Å². The number of nitrogens with one attached hydrogen (secondary N) is 1. The zero-order valence-corrected chi connectivity index (χ0v) is 12.0. The number of ketones is 1. The Kier molecular flexibility index (Phi) is 6.26. The zero-order valence-electron chi connectivity index (χ0n) is 12.0. The number of Topliss-reactive ketones (excluding diaryl/α,β-unsaturated/α-hetero) is 1. The fraction of sp³-hybridized carbons (Fsp3) is 0.500. The van der Waals surface area contributed by atoms with E-state index >= 15 is 0 Å². The largest absolute Gasteiger partial charge is 0.326 e. The van der Waals surface area contributed by atoms with Crippen LogP contribution in [-0.4, -0.2) is 11.7 Å².